The first-order chi connectivity index (χ1) is 16.5. The highest BCUT2D eigenvalue weighted by Crippen LogP contribution is 2.29. The summed E-state index contributed by atoms with van der Waals surface area (Å²) in [5, 5.41) is 5.65. The Morgan fingerprint density at radius 2 is 1.76 bits per heavy atom. The number of rotatable bonds is 7. The van der Waals surface area contributed by atoms with Crippen molar-refractivity contribution in [3.8, 4) is 0 Å². The third kappa shape index (κ3) is 5.92. The standard InChI is InChI=1S/C26H31N3O5/c30-22-17-29(26(33)19-10-2-1-3-11-19)14-6-12-20(22)27-24(31)21(16-18-8-4-5-9-18)28-25(32)23-13-7-15-34-23/h1-3,7,10-11,13,15,18,20-21H,4-6,8-9,12,14,16-17H2,(H,27,31)(H,28,32)/t20-,21?/m0/s1. The molecule has 1 saturated carbocycles. The summed E-state index contributed by atoms with van der Waals surface area (Å²) in [4.78, 5) is 53.1. The molecule has 0 radical (unpaired) electrons. The van der Waals surface area contributed by atoms with Gasteiger partial charge >= 0.3 is 0 Å². The van der Waals surface area contributed by atoms with Crippen molar-refractivity contribution in [2.24, 2.45) is 5.92 Å². The molecule has 2 fully saturated rings. The number of Topliss-reactive ketones (excluding diaryl/α,β-unsaturated/α-hetero) is 1. The predicted octanol–water partition coefficient (Wildman–Crippen LogP) is 2.95. The lowest BCUT2D eigenvalue weighted by atomic mass is 9.97. The molecule has 1 aromatic heterocycles. The number of hydrogen-bond acceptors (Lipinski definition) is 5. The first kappa shape index (κ1) is 23.7. The largest absolute Gasteiger partial charge is 0.459 e. The third-order valence-corrected chi connectivity index (χ3v) is 6.69. The van der Waals surface area contributed by atoms with E-state index in [2.05, 4.69) is 10.6 Å². The monoisotopic (exact) mass is 465 g/mol. The van der Waals surface area contributed by atoms with Gasteiger partial charge in [0, 0.05) is 12.1 Å². The van der Waals surface area contributed by atoms with Crippen LogP contribution in [0.5, 0.6) is 0 Å². The number of nitrogens with zero attached hydrogens (tertiary/aromatic N) is 1. The molecule has 2 heterocycles. The topological polar surface area (TPSA) is 109 Å². The molecular formula is C26H31N3O5. The van der Waals surface area contributed by atoms with Crippen LogP contribution in [0.1, 0.15) is 65.9 Å². The molecular weight excluding hydrogens is 434 g/mol. The molecule has 2 atom stereocenters. The summed E-state index contributed by atoms with van der Waals surface area (Å²) >= 11 is 0. The van der Waals surface area contributed by atoms with Gasteiger partial charge in [-0.2, -0.15) is 0 Å². The summed E-state index contributed by atoms with van der Waals surface area (Å²) in [7, 11) is 0. The van der Waals surface area contributed by atoms with Crippen LogP contribution in [-0.2, 0) is 9.59 Å². The molecule has 2 aromatic rings. The van der Waals surface area contributed by atoms with E-state index < -0.39 is 18.0 Å². The van der Waals surface area contributed by atoms with Gasteiger partial charge in [0.15, 0.2) is 11.5 Å². The molecule has 34 heavy (non-hydrogen) atoms. The normalized spacial score (nSPS) is 19.9. The zero-order chi connectivity index (χ0) is 23.9. The van der Waals surface area contributed by atoms with E-state index in [9.17, 15) is 19.2 Å². The number of carbonyl (C=O) groups is 4. The van der Waals surface area contributed by atoms with Gasteiger partial charge in [-0.25, -0.2) is 0 Å². The van der Waals surface area contributed by atoms with Gasteiger partial charge in [-0.1, -0.05) is 43.9 Å². The predicted molar refractivity (Wildman–Crippen MR) is 125 cm³/mol. The molecule has 1 aliphatic heterocycles. The Hall–Kier alpha value is -3.42. The fourth-order valence-electron chi connectivity index (χ4n) is 4.83. The lowest BCUT2D eigenvalue weighted by Crippen LogP contribution is -2.52. The smallest absolute Gasteiger partial charge is 0.287 e. The highest BCUT2D eigenvalue weighted by Gasteiger charge is 2.33. The second-order valence-electron chi connectivity index (χ2n) is 9.15. The zero-order valence-electron chi connectivity index (χ0n) is 19.2. The van der Waals surface area contributed by atoms with Crippen LogP contribution in [0.3, 0.4) is 0 Å². The van der Waals surface area contributed by atoms with Gasteiger partial charge in [0.05, 0.1) is 18.8 Å². The van der Waals surface area contributed by atoms with E-state index in [4.69, 9.17) is 4.42 Å². The number of furan rings is 1. The molecule has 0 spiro atoms. The Morgan fingerprint density at radius 1 is 1.00 bits per heavy atom. The van der Waals surface area contributed by atoms with Crippen molar-refractivity contribution in [2.75, 3.05) is 13.1 Å². The van der Waals surface area contributed by atoms with Crippen LogP contribution in [0.15, 0.2) is 53.1 Å². The first-order valence-corrected chi connectivity index (χ1v) is 12.0. The molecule has 2 N–H and O–H groups in total. The molecule has 0 bridgehead atoms. The van der Waals surface area contributed by atoms with E-state index in [1.54, 1.807) is 41.3 Å². The SMILES string of the molecule is O=C(NC(CC1CCCC1)C(=O)N[C@H]1CCCN(C(=O)c2ccccc2)CC1=O)c1ccco1. The molecule has 180 valence electrons. The first-order valence-electron chi connectivity index (χ1n) is 12.0. The van der Waals surface area contributed by atoms with Crippen molar-refractivity contribution < 1.29 is 23.6 Å². The van der Waals surface area contributed by atoms with Crippen molar-refractivity contribution >= 4 is 23.5 Å². The van der Waals surface area contributed by atoms with Gasteiger partial charge in [-0.15, -0.1) is 0 Å². The number of amides is 3. The number of ketones is 1. The minimum Gasteiger partial charge on any atom is -0.459 e. The Bertz CT molecular complexity index is 999. The lowest BCUT2D eigenvalue weighted by molar-refractivity contribution is -0.129. The molecule has 1 aromatic carbocycles. The van der Waals surface area contributed by atoms with E-state index in [0.29, 0.717) is 37.3 Å². The molecule has 2 aliphatic rings. The van der Waals surface area contributed by atoms with Crippen molar-refractivity contribution in [2.45, 2.75) is 57.0 Å². The number of hydrogen-bond donors (Lipinski definition) is 2. The van der Waals surface area contributed by atoms with Crippen LogP contribution in [0, 0.1) is 5.92 Å². The maximum absolute atomic E-state index is 13.2. The van der Waals surface area contributed by atoms with Crippen LogP contribution in [0.25, 0.3) is 0 Å². The number of carbonyl (C=O) groups excluding carboxylic acids is 4. The quantitative estimate of drug-likeness (QED) is 0.654. The van der Waals surface area contributed by atoms with E-state index >= 15 is 0 Å². The van der Waals surface area contributed by atoms with Gasteiger partial charge in [0.1, 0.15) is 6.04 Å². The van der Waals surface area contributed by atoms with E-state index in [1.165, 1.54) is 6.26 Å². The van der Waals surface area contributed by atoms with E-state index in [1.807, 2.05) is 6.07 Å². The summed E-state index contributed by atoms with van der Waals surface area (Å²) in [5.74, 6) is -0.706. The van der Waals surface area contributed by atoms with Gasteiger partial charge in [-0.3, -0.25) is 19.2 Å². The maximum atomic E-state index is 13.2. The number of likely N-dealkylation sites (tertiary alicyclic amines) is 1. The molecule has 3 amide bonds. The van der Waals surface area contributed by atoms with Crippen molar-refractivity contribution in [3.63, 3.8) is 0 Å². The van der Waals surface area contributed by atoms with E-state index in [0.717, 1.165) is 25.7 Å². The summed E-state index contributed by atoms with van der Waals surface area (Å²) < 4.78 is 5.16. The third-order valence-electron chi connectivity index (χ3n) is 6.69. The Balaban J connectivity index is 1.40. The second kappa shape index (κ2) is 11.1. The molecule has 1 aliphatic carbocycles. The van der Waals surface area contributed by atoms with Crippen LogP contribution in [-0.4, -0.2) is 53.6 Å². The summed E-state index contributed by atoms with van der Waals surface area (Å²) in [6.45, 7) is 0.400. The van der Waals surface area contributed by atoms with Crippen molar-refractivity contribution in [1.29, 1.82) is 0 Å². The van der Waals surface area contributed by atoms with Crippen LogP contribution in [0.4, 0.5) is 0 Å². The average Bonchev–Trinajstić information content (AvgIpc) is 3.54. The zero-order valence-corrected chi connectivity index (χ0v) is 19.2. The van der Waals surface area contributed by atoms with Crippen molar-refractivity contribution in [3.05, 3.63) is 60.1 Å². The van der Waals surface area contributed by atoms with Gasteiger partial charge in [-0.05, 0) is 49.4 Å². The van der Waals surface area contributed by atoms with Crippen LogP contribution >= 0.6 is 0 Å². The minimum absolute atomic E-state index is 0.0509. The van der Waals surface area contributed by atoms with E-state index in [-0.39, 0.29) is 29.9 Å². The Morgan fingerprint density at radius 3 is 2.47 bits per heavy atom. The molecule has 8 heteroatoms. The van der Waals surface area contributed by atoms with Crippen LogP contribution < -0.4 is 10.6 Å². The lowest BCUT2D eigenvalue weighted by Gasteiger charge is -2.24. The van der Waals surface area contributed by atoms with Gasteiger partial charge in [0.25, 0.3) is 11.8 Å². The Labute approximate surface area is 199 Å². The molecule has 4 rings (SSSR count). The molecule has 1 unspecified atom stereocenters. The Kier molecular flexibility index (Phi) is 7.77. The fourth-order valence-corrected chi connectivity index (χ4v) is 4.83. The summed E-state index contributed by atoms with van der Waals surface area (Å²) in [6, 6.07) is 10.6. The van der Waals surface area contributed by atoms with Gasteiger partial charge < -0.3 is 20.0 Å². The number of benzene rings is 1. The minimum atomic E-state index is -0.751. The van der Waals surface area contributed by atoms with Gasteiger partial charge in [0.2, 0.25) is 5.91 Å². The molecule has 8 nitrogen and oxygen atoms in total. The van der Waals surface area contributed by atoms with Crippen molar-refractivity contribution in [1.82, 2.24) is 15.5 Å². The summed E-state index contributed by atoms with van der Waals surface area (Å²) in [5.41, 5.74) is 0.537. The second-order valence-corrected chi connectivity index (χ2v) is 9.15. The average molecular weight is 466 g/mol. The van der Waals surface area contributed by atoms with Crippen LogP contribution in [0.2, 0.25) is 0 Å². The fraction of sp³-hybridized carbons (Fsp3) is 0.462. The highest BCUT2D eigenvalue weighted by atomic mass is 16.3. The number of nitrogens with one attached hydrogen (secondary N) is 2. The maximum Gasteiger partial charge on any atom is 0.287 e. The summed E-state index contributed by atoms with van der Waals surface area (Å²) in [6.07, 6.45) is 7.28. The highest BCUT2D eigenvalue weighted by molar-refractivity contribution is 6.00. The molecule has 1 saturated heterocycles.